The average molecular weight is 486 g/mol. The van der Waals surface area contributed by atoms with Crippen LogP contribution >= 0.6 is 22.6 Å². The Bertz CT molecular complexity index is 1110. The van der Waals surface area contributed by atoms with Gasteiger partial charge in [0.05, 0.1) is 23.9 Å². The van der Waals surface area contributed by atoms with E-state index >= 15 is 0 Å². The number of aromatic nitrogens is 3. The molecule has 0 fully saturated rings. The maximum absolute atomic E-state index is 6.49. The lowest BCUT2D eigenvalue weighted by Gasteiger charge is -2.13. The zero-order valence-electron chi connectivity index (χ0n) is 15.8. The highest BCUT2D eigenvalue weighted by Gasteiger charge is 2.12. The number of benzene rings is 2. The van der Waals surface area contributed by atoms with Crippen molar-refractivity contribution in [2.24, 2.45) is 5.73 Å². The number of nitrogens with zero attached hydrogens (tertiary/aromatic N) is 3. The van der Waals surface area contributed by atoms with Crippen LogP contribution in [0.1, 0.15) is 22.9 Å². The van der Waals surface area contributed by atoms with Gasteiger partial charge in [-0.25, -0.2) is 4.68 Å². The van der Waals surface area contributed by atoms with Crippen LogP contribution in [0.2, 0.25) is 0 Å². The Morgan fingerprint density at radius 1 is 1.14 bits per heavy atom. The zero-order chi connectivity index (χ0) is 19.5. The minimum atomic E-state index is -0.150. The van der Waals surface area contributed by atoms with Crippen LogP contribution in [-0.4, -0.2) is 25.8 Å². The van der Waals surface area contributed by atoms with E-state index in [0.29, 0.717) is 6.73 Å². The van der Waals surface area contributed by atoms with Crippen molar-refractivity contribution in [2.75, 3.05) is 11.0 Å². The molecule has 5 nitrogen and oxygen atoms in total. The van der Waals surface area contributed by atoms with Crippen molar-refractivity contribution < 1.29 is 4.74 Å². The van der Waals surface area contributed by atoms with Gasteiger partial charge in [0.25, 0.3) is 0 Å². The van der Waals surface area contributed by atoms with Crippen molar-refractivity contribution in [2.45, 2.75) is 26.1 Å². The predicted molar refractivity (Wildman–Crippen MR) is 122 cm³/mol. The summed E-state index contributed by atoms with van der Waals surface area (Å²) in [4.78, 5) is 4.58. The van der Waals surface area contributed by atoms with Crippen LogP contribution < -0.4 is 5.73 Å². The van der Waals surface area contributed by atoms with Crippen LogP contribution in [0.3, 0.4) is 0 Å². The van der Waals surface area contributed by atoms with Gasteiger partial charge in [0.1, 0.15) is 6.73 Å². The second kappa shape index (κ2) is 8.55. The van der Waals surface area contributed by atoms with Crippen LogP contribution in [-0.2, 0) is 17.9 Å². The number of hydrogen-bond donors (Lipinski definition) is 1. The van der Waals surface area contributed by atoms with E-state index < -0.39 is 0 Å². The molecule has 2 aromatic carbocycles. The average Bonchev–Trinajstić information content (AvgIpc) is 3.11. The van der Waals surface area contributed by atoms with Crippen molar-refractivity contribution in [1.29, 1.82) is 0 Å². The Morgan fingerprint density at radius 2 is 1.96 bits per heavy atom. The van der Waals surface area contributed by atoms with Crippen molar-refractivity contribution in [3.63, 3.8) is 0 Å². The van der Waals surface area contributed by atoms with Crippen molar-refractivity contribution in [1.82, 2.24) is 14.8 Å². The summed E-state index contributed by atoms with van der Waals surface area (Å²) < 4.78 is 8.43. The molecule has 0 aliphatic carbocycles. The number of aryl methyl sites for hydroxylation is 1. The highest BCUT2D eigenvalue weighted by Crippen LogP contribution is 2.24. The standard InChI is InChI=1S/C22H23IN4O/c1-15-8-16(9-19-13-27(26-22(15)19)14-28-7-6-23)10-20(24)21-11-17-4-2-3-5-18(17)12-25-21/h2-5,8-9,11-13,20H,6-7,10,14,24H2,1H3. The lowest BCUT2D eigenvalue weighted by atomic mass is 9.99. The molecule has 4 aromatic rings. The largest absolute Gasteiger partial charge is 0.358 e. The van der Waals surface area contributed by atoms with Gasteiger partial charge in [0, 0.05) is 27.6 Å². The van der Waals surface area contributed by atoms with E-state index in [0.717, 1.165) is 45.0 Å². The third-order valence-electron chi connectivity index (χ3n) is 4.84. The van der Waals surface area contributed by atoms with Gasteiger partial charge in [-0.1, -0.05) is 52.9 Å². The molecule has 0 saturated heterocycles. The normalized spacial score (nSPS) is 12.7. The van der Waals surface area contributed by atoms with Gasteiger partial charge >= 0.3 is 0 Å². The molecule has 0 radical (unpaired) electrons. The van der Waals surface area contributed by atoms with Gasteiger partial charge in [-0.2, -0.15) is 5.10 Å². The molecule has 144 valence electrons. The zero-order valence-corrected chi connectivity index (χ0v) is 18.0. The van der Waals surface area contributed by atoms with Crippen LogP contribution in [0, 0.1) is 6.92 Å². The van der Waals surface area contributed by atoms with Gasteiger partial charge in [0.15, 0.2) is 0 Å². The fourth-order valence-corrected chi connectivity index (χ4v) is 3.81. The molecule has 1 unspecified atom stereocenters. The Balaban J connectivity index is 1.55. The summed E-state index contributed by atoms with van der Waals surface area (Å²) >= 11 is 2.30. The monoisotopic (exact) mass is 486 g/mol. The number of nitrogens with two attached hydrogens (primary N) is 1. The first-order valence-electron chi connectivity index (χ1n) is 9.35. The number of ether oxygens (including phenoxy) is 1. The minimum absolute atomic E-state index is 0.150. The van der Waals surface area contributed by atoms with Gasteiger partial charge in [-0.3, -0.25) is 4.98 Å². The van der Waals surface area contributed by atoms with Crippen molar-refractivity contribution in [3.8, 4) is 0 Å². The molecule has 28 heavy (non-hydrogen) atoms. The smallest absolute Gasteiger partial charge is 0.139 e. The lowest BCUT2D eigenvalue weighted by molar-refractivity contribution is 0.0829. The quantitative estimate of drug-likeness (QED) is 0.237. The molecule has 0 saturated carbocycles. The number of rotatable bonds is 7. The van der Waals surface area contributed by atoms with Gasteiger partial charge in [0.2, 0.25) is 0 Å². The van der Waals surface area contributed by atoms with E-state index in [-0.39, 0.29) is 6.04 Å². The third-order valence-corrected chi connectivity index (χ3v) is 5.28. The fraction of sp³-hybridized carbons (Fsp3) is 0.273. The number of alkyl halides is 1. The maximum Gasteiger partial charge on any atom is 0.139 e. The van der Waals surface area contributed by atoms with Gasteiger partial charge < -0.3 is 10.5 Å². The number of halogens is 1. The summed E-state index contributed by atoms with van der Waals surface area (Å²) in [6, 6.07) is 14.5. The highest BCUT2D eigenvalue weighted by atomic mass is 127. The Labute approximate surface area is 178 Å². The molecular formula is C22H23IN4O. The molecule has 0 aliphatic heterocycles. The fourth-order valence-electron chi connectivity index (χ4n) is 3.50. The van der Waals surface area contributed by atoms with E-state index in [4.69, 9.17) is 10.5 Å². The second-order valence-electron chi connectivity index (χ2n) is 7.01. The molecule has 4 rings (SSSR count). The van der Waals surface area contributed by atoms with Crippen LogP contribution in [0.15, 0.2) is 54.9 Å². The first-order valence-corrected chi connectivity index (χ1v) is 10.9. The van der Waals surface area contributed by atoms with E-state index in [2.05, 4.69) is 69.9 Å². The molecule has 0 amide bonds. The second-order valence-corrected chi connectivity index (χ2v) is 8.09. The highest BCUT2D eigenvalue weighted by molar-refractivity contribution is 14.1. The van der Waals surface area contributed by atoms with Crippen molar-refractivity contribution in [3.05, 3.63) is 71.7 Å². The summed E-state index contributed by atoms with van der Waals surface area (Å²) in [5.41, 5.74) is 10.8. The number of hydrogen-bond acceptors (Lipinski definition) is 4. The first-order chi connectivity index (χ1) is 13.6. The van der Waals surface area contributed by atoms with Gasteiger partial charge in [-0.05, 0) is 42.0 Å². The molecule has 2 N–H and O–H groups in total. The molecule has 6 heteroatoms. The summed E-state index contributed by atoms with van der Waals surface area (Å²) in [6.45, 7) is 3.30. The van der Waals surface area contributed by atoms with E-state index in [1.54, 1.807) is 0 Å². The lowest BCUT2D eigenvalue weighted by Crippen LogP contribution is -2.15. The van der Waals surface area contributed by atoms with E-state index in [1.807, 2.05) is 29.2 Å². The number of fused-ring (bicyclic) bond motifs is 2. The molecule has 0 spiro atoms. The van der Waals surface area contributed by atoms with Crippen LogP contribution in [0.5, 0.6) is 0 Å². The first kappa shape index (κ1) is 19.3. The molecule has 0 bridgehead atoms. The van der Waals surface area contributed by atoms with Crippen LogP contribution in [0.4, 0.5) is 0 Å². The predicted octanol–water partition coefficient (Wildman–Crippen LogP) is 4.54. The Hall–Kier alpha value is -2.03. The molecule has 2 heterocycles. The Kier molecular flexibility index (Phi) is 5.89. The SMILES string of the molecule is Cc1cc(CC(N)c2cc3ccccc3cn2)cc2cn(COCCI)nc12. The molecule has 0 aliphatic rings. The summed E-state index contributed by atoms with van der Waals surface area (Å²) in [5, 5.41) is 8.06. The summed E-state index contributed by atoms with van der Waals surface area (Å²) in [6.07, 6.45) is 4.68. The molecular weight excluding hydrogens is 463 g/mol. The summed E-state index contributed by atoms with van der Waals surface area (Å²) in [7, 11) is 0. The topological polar surface area (TPSA) is 66.0 Å². The van der Waals surface area contributed by atoms with E-state index in [1.165, 1.54) is 10.9 Å². The minimum Gasteiger partial charge on any atom is -0.358 e. The number of pyridine rings is 1. The van der Waals surface area contributed by atoms with Gasteiger partial charge in [-0.15, -0.1) is 0 Å². The Morgan fingerprint density at radius 3 is 2.79 bits per heavy atom. The third kappa shape index (κ3) is 4.19. The molecule has 2 aromatic heterocycles. The summed E-state index contributed by atoms with van der Waals surface area (Å²) in [5.74, 6) is 0. The maximum atomic E-state index is 6.49. The van der Waals surface area contributed by atoms with Crippen molar-refractivity contribution >= 4 is 44.3 Å². The van der Waals surface area contributed by atoms with Crippen LogP contribution in [0.25, 0.3) is 21.7 Å². The van der Waals surface area contributed by atoms with E-state index in [9.17, 15) is 0 Å². The molecule has 1 atom stereocenters.